The van der Waals surface area contributed by atoms with Crippen molar-refractivity contribution in [3.63, 3.8) is 0 Å². The van der Waals surface area contributed by atoms with Crippen molar-refractivity contribution in [3.8, 4) is 5.75 Å². The molecule has 0 aliphatic rings. The van der Waals surface area contributed by atoms with E-state index in [1.54, 1.807) is 12.1 Å². The van der Waals surface area contributed by atoms with Gasteiger partial charge in [-0.05, 0) is 49.4 Å². The molecule has 0 saturated heterocycles. The summed E-state index contributed by atoms with van der Waals surface area (Å²) >= 11 is 0. The fourth-order valence-corrected chi connectivity index (χ4v) is 2.89. The highest BCUT2D eigenvalue weighted by Gasteiger charge is 2.15. The van der Waals surface area contributed by atoms with Gasteiger partial charge >= 0.3 is 5.97 Å². The van der Waals surface area contributed by atoms with E-state index in [1.165, 1.54) is 5.56 Å². The standard InChI is InChI=1S/C20H25NO3/c1-15(13-17-7-10-19(22)11-8-17)21-18(9-12-20(23)24)14-16-5-3-2-4-6-16/h2-8,10-11,15,18,21-22H,9,12-14H2,1H3,(H,23,24). The Kier molecular flexibility index (Phi) is 6.82. The number of carbonyl (C=O) groups is 1. The molecule has 0 fully saturated rings. The third-order valence-corrected chi connectivity index (χ3v) is 4.03. The third kappa shape index (κ3) is 6.42. The number of nitrogens with one attached hydrogen (secondary N) is 1. The maximum Gasteiger partial charge on any atom is 0.303 e. The van der Waals surface area contributed by atoms with E-state index in [-0.39, 0.29) is 24.3 Å². The minimum absolute atomic E-state index is 0.121. The molecular formula is C20H25NO3. The molecule has 2 aromatic carbocycles. The zero-order chi connectivity index (χ0) is 17.4. The number of benzene rings is 2. The summed E-state index contributed by atoms with van der Waals surface area (Å²) in [5, 5.41) is 21.9. The molecule has 0 spiro atoms. The third-order valence-electron chi connectivity index (χ3n) is 4.03. The molecule has 2 aromatic rings. The Morgan fingerprint density at radius 1 is 1.00 bits per heavy atom. The molecule has 0 aliphatic heterocycles. The van der Waals surface area contributed by atoms with E-state index in [2.05, 4.69) is 24.4 Å². The van der Waals surface area contributed by atoms with Gasteiger partial charge in [-0.2, -0.15) is 0 Å². The van der Waals surface area contributed by atoms with Gasteiger partial charge < -0.3 is 15.5 Å². The van der Waals surface area contributed by atoms with Crippen LogP contribution in [0.4, 0.5) is 0 Å². The van der Waals surface area contributed by atoms with Crippen LogP contribution in [0.15, 0.2) is 54.6 Å². The fraction of sp³-hybridized carbons (Fsp3) is 0.350. The Labute approximate surface area is 143 Å². The van der Waals surface area contributed by atoms with Crippen molar-refractivity contribution >= 4 is 5.97 Å². The van der Waals surface area contributed by atoms with Crippen LogP contribution in [0, 0.1) is 0 Å². The molecule has 2 atom stereocenters. The Morgan fingerprint density at radius 3 is 2.25 bits per heavy atom. The molecule has 24 heavy (non-hydrogen) atoms. The molecule has 0 bridgehead atoms. The first kappa shape index (κ1) is 18.0. The first-order valence-corrected chi connectivity index (χ1v) is 8.32. The minimum atomic E-state index is -0.763. The monoisotopic (exact) mass is 327 g/mol. The normalized spacial score (nSPS) is 13.4. The molecule has 3 N–H and O–H groups in total. The van der Waals surface area contributed by atoms with Crippen LogP contribution in [0.25, 0.3) is 0 Å². The highest BCUT2D eigenvalue weighted by molar-refractivity contribution is 5.66. The largest absolute Gasteiger partial charge is 0.508 e. The molecule has 0 saturated carbocycles. The molecule has 2 rings (SSSR count). The summed E-state index contributed by atoms with van der Waals surface area (Å²) in [6.45, 7) is 2.10. The van der Waals surface area contributed by atoms with E-state index in [0.29, 0.717) is 6.42 Å². The van der Waals surface area contributed by atoms with Crippen LogP contribution in [-0.2, 0) is 17.6 Å². The van der Waals surface area contributed by atoms with Gasteiger partial charge in [-0.3, -0.25) is 4.79 Å². The first-order valence-electron chi connectivity index (χ1n) is 8.32. The summed E-state index contributed by atoms with van der Waals surface area (Å²) in [6, 6.07) is 17.7. The number of hydrogen-bond donors (Lipinski definition) is 3. The van der Waals surface area contributed by atoms with Crippen molar-refractivity contribution in [3.05, 3.63) is 65.7 Å². The second-order valence-electron chi connectivity index (χ2n) is 6.26. The summed E-state index contributed by atoms with van der Waals surface area (Å²) in [5.41, 5.74) is 2.35. The predicted octanol–water partition coefficient (Wildman–Crippen LogP) is 3.39. The summed E-state index contributed by atoms with van der Waals surface area (Å²) in [6.07, 6.45) is 2.41. The molecule has 128 valence electrons. The maximum absolute atomic E-state index is 10.9. The molecule has 4 nitrogen and oxygen atoms in total. The summed E-state index contributed by atoms with van der Waals surface area (Å²) < 4.78 is 0. The first-order chi connectivity index (χ1) is 11.5. The van der Waals surface area contributed by atoms with Crippen molar-refractivity contribution in [2.75, 3.05) is 0 Å². The number of hydrogen-bond acceptors (Lipinski definition) is 3. The van der Waals surface area contributed by atoms with Crippen molar-refractivity contribution in [2.45, 2.75) is 44.7 Å². The Hall–Kier alpha value is -2.33. The zero-order valence-corrected chi connectivity index (χ0v) is 14.0. The molecule has 2 unspecified atom stereocenters. The van der Waals surface area contributed by atoms with Gasteiger partial charge in [-0.1, -0.05) is 42.5 Å². The van der Waals surface area contributed by atoms with E-state index in [0.717, 1.165) is 18.4 Å². The maximum atomic E-state index is 10.9. The van der Waals surface area contributed by atoms with Crippen molar-refractivity contribution in [2.24, 2.45) is 0 Å². The average Bonchev–Trinajstić information content (AvgIpc) is 2.55. The van der Waals surface area contributed by atoms with Crippen molar-refractivity contribution in [1.82, 2.24) is 5.32 Å². The van der Waals surface area contributed by atoms with Gasteiger partial charge in [0.15, 0.2) is 0 Å². The van der Waals surface area contributed by atoms with Crippen molar-refractivity contribution < 1.29 is 15.0 Å². The van der Waals surface area contributed by atoms with Gasteiger partial charge in [0.05, 0.1) is 0 Å². The fourth-order valence-electron chi connectivity index (χ4n) is 2.89. The van der Waals surface area contributed by atoms with Crippen LogP contribution in [0.1, 0.15) is 30.9 Å². The molecule has 0 radical (unpaired) electrons. The number of phenolic OH excluding ortho intramolecular Hbond substituents is 1. The average molecular weight is 327 g/mol. The van der Waals surface area contributed by atoms with Crippen LogP contribution in [-0.4, -0.2) is 28.3 Å². The Bertz CT molecular complexity index is 625. The lowest BCUT2D eigenvalue weighted by Gasteiger charge is -2.23. The summed E-state index contributed by atoms with van der Waals surface area (Å²) in [5.74, 6) is -0.496. The SMILES string of the molecule is CC(Cc1ccc(O)cc1)NC(CCC(=O)O)Cc1ccccc1. The van der Waals surface area contributed by atoms with E-state index in [4.69, 9.17) is 5.11 Å². The quantitative estimate of drug-likeness (QED) is 0.660. The van der Waals surface area contributed by atoms with Gasteiger partial charge in [0.1, 0.15) is 5.75 Å². The van der Waals surface area contributed by atoms with Crippen LogP contribution in [0.5, 0.6) is 5.75 Å². The number of rotatable bonds is 9. The smallest absolute Gasteiger partial charge is 0.303 e. The van der Waals surface area contributed by atoms with Gasteiger partial charge in [-0.15, -0.1) is 0 Å². The Morgan fingerprint density at radius 2 is 1.62 bits per heavy atom. The van der Waals surface area contributed by atoms with Crippen molar-refractivity contribution in [1.29, 1.82) is 0 Å². The van der Waals surface area contributed by atoms with Crippen LogP contribution >= 0.6 is 0 Å². The van der Waals surface area contributed by atoms with Crippen LogP contribution in [0.2, 0.25) is 0 Å². The van der Waals surface area contributed by atoms with Crippen LogP contribution < -0.4 is 5.32 Å². The van der Waals surface area contributed by atoms with E-state index in [9.17, 15) is 9.90 Å². The lowest BCUT2D eigenvalue weighted by Crippen LogP contribution is -2.39. The van der Waals surface area contributed by atoms with E-state index >= 15 is 0 Å². The molecule has 0 amide bonds. The van der Waals surface area contributed by atoms with Crippen LogP contribution in [0.3, 0.4) is 0 Å². The lowest BCUT2D eigenvalue weighted by molar-refractivity contribution is -0.137. The highest BCUT2D eigenvalue weighted by Crippen LogP contribution is 2.13. The zero-order valence-electron chi connectivity index (χ0n) is 14.0. The van der Waals surface area contributed by atoms with Gasteiger partial charge in [0.2, 0.25) is 0 Å². The summed E-state index contributed by atoms with van der Waals surface area (Å²) in [7, 11) is 0. The minimum Gasteiger partial charge on any atom is -0.508 e. The molecule has 0 heterocycles. The van der Waals surface area contributed by atoms with Gasteiger partial charge in [-0.25, -0.2) is 0 Å². The number of aliphatic carboxylic acids is 1. The molecular weight excluding hydrogens is 302 g/mol. The number of phenols is 1. The lowest BCUT2D eigenvalue weighted by atomic mass is 9.99. The van der Waals surface area contributed by atoms with Gasteiger partial charge in [0.25, 0.3) is 0 Å². The van der Waals surface area contributed by atoms with E-state index < -0.39 is 5.97 Å². The second-order valence-corrected chi connectivity index (χ2v) is 6.26. The molecule has 0 aliphatic carbocycles. The van der Waals surface area contributed by atoms with E-state index in [1.807, 2.05) is 30.3 Å². The number of carboxylic acids is 1. The Balaban J connectivity index is 1.95. The molecule has 0 aromatic heterocycles. The predicted molar refractivity (Wildman–Crippen MR) is 95.2 cm³/mol. The molecule has 4 heteroatoms. The second kappa shape index (κ2) is 9.08. The highest BCUT2D eigenvalue weighted by atomic mass is 16.4. The summed E-state index contributed by atoms with van der Waals surface area (Å²) in [4.78, 5) is 10.9. The van der Waals surface area contributed by atoms with Gasteiger partial charge in [0, 0.05) is 18.5 Å². The topological polar surface area (TPSA) is 69.6 Å². The number of carboxylic acid groups (broad SMARTS) is 1. The number of aromatic hydroxyl groups is 1.